The molecule has 0 heterocycles. The summed E-state index contributed by atoms with van der Waals surface area (Å²) in [6.45, 7) is 9.09. The summed E-state index contributed by atoms with van der Waals surface area (Å²) < 4.78 is 0. The Labute approximate surface area is 140 Å². The van der Waals surface area contributed by atoms with Crippen LogP contribution >= 0.6 is 0 Å². The van der Waals surface area contributed by atoms with Crippen LogP contribution in [0.3, 0.4) is 0 Å². The summed E-state index contributed by atoms with van der Waals surface area (Å²) in [5, 5.41) is 18.9. The number of allylic oxidation sites excluding steroid dienone is 3. The van der Waals surface area contributed by atoms with Gasteiger partial charge in [0, 0.05) is 12.7 Å². The zero-order valence-electron chi connectivity index (χ0n) is 15.1. The summed E-state index contributed by atoms with van der Waals surface area (Å²) in [7, 11) is 0. The molecular weight excluding hydrogens is 288 g/mol. The molecule has 1 fully saturated rings. The molecule has 2 N–H and O–H groups in total. The highest BCUT2D eigenvalue weighted by atomic mass is 16.4. The molecule has 0 aromatic carbocycles. The number of hydrogen-bond donors (Lipinski definition) is 2. The van der Waals surface area contributed by atoms with E-state index in [4.69, 9.17) is 5.11 Å². The van der Waals surface area contributed by atoms with Gasteiger partial charge in [-0.3, -0.25) is 0 Å². The summed E-state index contributed by atoms with van der Waals surface area (Å²) >= 11 is 0. The predicted molar refractivity (Wildman–Crippen MR) is 93.1 cm³/mol. The molecule has 3 heteroatoms. The highest BCUT2D eigenvalue weighted by Crippen LogP contribution is 2.58. The number of hydrogen-bond acceptors (Lipinski definition) is 2. The van der Waals surface area contributed by atoms with Gasteiger partial charge in [-0.1, -0.05) is 38.0 Å². The average molecular weight is 320 g/mol. The molecule has 0 amide bonds. The predicted octanol–water partition coefficient (Wildman–Crippen LogP) is 4.57. The van der Waals surface area contributed by atoms with Crippen molar-refractivity contribution >= 4 is 5.97 Å². The highest BCUT2D eigenvalue weighted by Gasteiger charge is 2.49. The molecule has 4 atom stereocenters. The van der Waals surface area contributed by atoms with Crippen LogP contribution in [0.5, 0.6) is 0 Å². The summed E-state index contributed by atoms with van der Waals surface area (Å²) in [6, 6.07) is 0. The van der Waals surface area contributed by atoms with E-state index >= 15 is 0 Å². The third-order valence-electron chi connectivity index (χ3n) is 6.70. The van der Waals surface area contributed by atoms with E-state index in [1.54, 1.807) is 0 Å². The van der Waals surface area contributed by atoms with Crippen molar-refractivity contribution < 1.29 is 15.0 Å². The Morgan fingerprint density at radius 2 is 2.09 bits per heavy atom. The van der Waals surface area contributed by atoms with Crippen LogP contribution in [-0.2, 0) is 4.79 Å². The third kappa shape index (κ3) is 3.55. The van der Waals surface area contributed by atoms with Gasteiger partial charge in [0.15, 0.2) is 0 Å². The standard InChI is InChI=1S/C20H32O3/c1-14(12-18(22)23)9-11-20(4)15(2)7-8-16-17(20)6-5-10-19(16,3)13-21/h6,12,15-16,21H,5,7-11,13H2,1-4H3,(H,22,23)/b14-12+/t15-,16-,19+,20+/m1/s1. The van der Waals surface area contributed by atoms with Crippen molar-refractivity contribution in [2.24, 2.45) is 22.7 Å². The maximum absolute atomic E-state index is 10.8. The minimum Gasteiger partial charge on any atom is -0.478 e. The van der Waals surface area contributed by atoms with Crippen molar-refractivity contribution in [3.05, 3.63) is 23.3 Å². The first-order valence-electron chi connectivity index (χ1n) is 8.94. The number of rotatable bonds is 5. The molecule has 23 heavy (non-hydrogen) atoms. The zero-order chi connectivity index (χ0) is 17.3. The van der Waals surface area contributed by atoms with Crippen LogP contribution in [-0.4, -0.2) is 22.8 Å². The first-order chi connectivity index (χ1) is 10.7. The minimum absolute atomic E-state index is 0.0113. The lowest BCUT2D eigenvalue weighted by Crippen LogP contribution is -2.45. The fourth-order valence-corrected chi connectivity index (χ4v) is 4.72. The smallest absolute Gasteiger partial charge is 0.328 e. The van der Waals surface area contributed by atoms with Gasteiger partial charge in [-0.2, -0.15) is 0 Å². The lowest BCUT2D eigenvalue weighted by Gasteiger charge is -2.53. The number of aliphatic hydroxyl groups is 1. The van der Waals surface area contributed by atoms with Gasteiger partial charge in [0.25, 0.3) is 0 Å². The Bertz CT molecular complexity index is 519. The fraction of sp³-hybridized carbons (Fsp3) is 0.750. The Hall–Kier alpha value is -1.09. The first kappa shape index (κ1) is 18.3. The topological polar surface area (TPSA) is 57.5 Å². The maximum atomic E-state index is 10.8. The molecule has 3 nitrogen and oxygen atoms in total. The molecule has 1 saturated carbocycles. The lowest BCUT2D eigenvalue weighted by atomic mass is 9.51. The average Bonchev–Trinajstić information content (AvgIpc) is 2.49. The number of carboxylic acid groups (broad SMARTS) is 1. The normalized spacial score (nSPS) is 38.0. The van der Waals surface area contributed by atoms with Gasteiger partial charge in [-0.25, -0.2) is 4.79 Å². The molecule has 0 spiro atoms. The van der Waals surface area contributed by atoms with Crippen molar-refractivity contribution in [3.63, 3.8) is 0 Å². The van der Waals surface area contributed by atoms with Gasteiger partial charge in [0.1, 0.15) is 0 Å². The quantitative estimate of drug-likeness (QED) is 0.576. The van der Waals surface area contributed by atoms with Gasteiger partial charge in [-0.05, 0) is 68.1 Å². The Balaban J connectivity index is 2.24. The second kappa shape index (κ2) is 6.80. The monoisotopic (exact) mass is 320 g/mol. The van der Waals surface area contributed by atoms with Crippen LogP contribution in [0.2, 0.25) is 0 Å². The van der Waals surface area contributed by atoms with Crippen LogP contribution in [0.4, 0.5) is 0 Å². The van der Waals surface area contributed by atoms with Crippen molar-refractivity contribution in [2.75, 3.05) is 6.61 Å². The van der Waals surface area contributed by atoms with Crippen molar-refractivity contribution in [2.45, 2.75) is 66.2 Å². The molecule has 2 aliphatic rings. The molecule has 0 aromatic rings. The molecule has 0 bridgehead atoms. The van der Waals surface area contributed by atoms with E-state index < -0.39 is 5.97 Å². The van der Waals surface area contributed by atoms with E-state index in [0.717, 1.165) is 31.3 Å². The van der Waals surface area contributed by atoms with E-state index in [2.05, 4.69) is 26.8 Å². The maximum Gasteiger partial charge on any atom is 0.328 e. The van der Waals surface area contributed by atoms with Crippen molar-refractivity contribution in [1.29, 1.82) is 0 Å². The molecular formula is C20H32O3. The van der Waals surface area contributed by atoms with Gasteiger partial charge in [0.2, 0.25) is 0 Å². The molecule has 0 aromatic heterocycles. The summed E-state index contributed by atoms with van der Waals surface area (Å²) in [5.41, 5.74) is 2.60. The number of carboxylic acids is 1. The fourth-order valence-electron chi connectivity index (χ4n) is 4.72. The Kier molecular flexibility index (Phi) is 5.40. The number of aliphatic hydroxyl groups excluding tert-OH is 1. The zero-order valence-corrected chi connectivity index (χ0v) is 15.1. The minimum atomic E-state index is -0.855. The number of carbonyl (C=O) groups is 1. The summed E-state index contributed by atoms with van der Waals surface area (Å²) in [6.07, 6.45) is 10.1. The van der Waals surface area contributed by atoms with Gasteiger partial charge in [0.05, 0.1) is 0 Å². The lowest BCUT2D eigenvalue weighted by molar-refractivity contribution is -0.131. The molecule has 0 radical (unpaired) electrons. The van der Waals surface area contributed by atoms with E-state index in [1.165, 1.54) is 24.5 Å². The van der Waals surface area contributed by atoms with Crippen LogP contribution in [0.1, 0.15) is 66.2 Å². The largest absolute Gasteiger partial charge is 0.478 e. The molecule has 0 unspecified atom stereocenters. The molecule has 2 aliphatic carbocycles. The third-order valence-corrected chi connectivity index (χ3v) is 6.70. The number of fused-ring (bicyclic) bond motifs is 1. The van der Waals surface area contributed by atoms with E-state index in [0.29, 0.717) is 11.8 Å². The highest BCUT2D eigenvalue weighted by molar-refractivity contribution is 5.80. The SMILES string of the molecule is C/C(=C\C(=O)O)CC[C@]1(C)C2=CCC[C@@](C)(CO)[C@@H]2CC[C@H]1C. The van der Waals surface area contributed by atoms with Gasteiger partial charge < -0.3 is 10.2 Å². The van der Waals surface area contributed by atoms with Crippen LogP contribution in [0, 0.1) is 22.7 Å². The van der Waals surface area contributed by atoms with Crippen LogP contribution in [0.25, 0.3) is 0 Å². The summed E-state index contributed by atoms with van der Waals surface area (Å²) in [5.74, 6) is 0.224. The van der Waals surface area contributed by atoms with E-state index in [1.807, 2.05) is 6.92 Å². The van der Waals surface area contributed by atoms with Gasteiger partial charge in [-0.15, -0.1) is 0 Å². The Morgan fingerprint density at radius 1 is 1.39 bits per heavy atom. The number of aliphatic carboxylic acids is 1. The van der Waals surface area contributed by atoms with Crippen LogP contribution < -0.4 is 0 Å². The molecule has 0 aliphatic heterocycles. The van der Waals surface area contributed by atoms with Crippen molar-refractivity contribution in [1.82, 2.24) is 0 Å². The van der Waals surface area contributed by atoms with E-state index in [-0.39, 0.29) is 17.4 Å². The van der Waals surface area contributed by atoms with Gasteiger partial charge >= 0.3 is 5.97 Å². The second-order valence-corrected chi connectivity index (χ2v) is 8.29. The Morgan fingerprint density at radius 3 is 2.70 bits per heavy atom. The molecule has 130 valence electrons. The van der Waals surface area contributed by atoms with E-state index in [9.17, 15) is 9.90 Å². The molecule has 0 saturated heterocycles. The second-order valence-electron chi connectivity index (χ2n) is 8.29. The van der Waals surface area contributed by atoms with Crippen molar-refractivity contribution in [3.8, 4) is 0 Å². The molecule has 2 rings (SSSR count). The van der Waals surface area contributed by atoms with Crippen LogP contribution in [0.15, 0.2) is 23.3 Å². The first-order valence-corrected chi connectivity index (χ1v) is 8.94. The summed E-state index contributed by atoms with van der Waals surface area (Å²) in [4.78, 5) is 10.8.